The van der Waals surface area contributed by atoms with Crippen molar-refractivity contribution in [3.05, 3.63) is 75.8 Å². The van der Waals surface area contributed by atoms with Crippen molar-refractivity contribution < 1.29 is 13.9 Å². The Kier molecular flexibility index (Phi) is 7.85. The molecule has 2 aromatic carbocycles. The van der Waals surface area contributed by atoms with Crippen LogP contribution in [0.4, 0.5) is 8.78 Å². The van der Waals surface area contributed by atoms with Crippen molar-refractivity contribution in [1.82, 2.24) is 9.80 Å². The van der Waals surface area contributed by atoms with Crippen LogP contribution in [-0.4, -0.2) is 60.3 Å². The summed E-state index contributed by atoms with van der Waals surface area (Å²) in [5.41, 5.74) is 0.840. The van der Waals surface area contributed by atoms with E-state index in [1.54, 1.807) is 24.3 Å². The molecule has 6 heteroatoms. The molecular weight excluding hydrogens is 442 g/mol. The molecule has 2 atom stereocenters. The van der Waals surface area contributed by atoms with Crippen LogP contribution in [0.1, 0.15) is 36.8 Å². The van der Waals surface area contributed by atoms with E-state index in [0.29, 0.717) is 10.6 Å². The van der Waals surface area contributed by atoms with Crippen LogP contribution in [0.25, 0.3) is 6.08 Å². The van der Waals surface area contributed by atoms with Crippen molar-refractivity contribution in [2.24, 2.45) is 5.92 Å². The smallest absolute Gasteiger partial charge is 0.128 e. The van der Waals surface area contributed by atoms with Gasteiger partial charge in [0.2, 0.25) is 0 Å². The van der Waals surface area contributed by atoms with E-state index in [4.69, 9.17) is 11.6 Å². The van der Waals surface area contributed by atoms with Gasteiger partial charge in [-0.1, -0.05) is 42.3 Å². The lowest BCUT2D eigenvalue weighted by molar-refractivity contribution is -0.00696. The molecule has 1 saturated heterocycles. The van der Waals surface area contributed by atoms with E-state index in [1.807, 2.05) is 6.08 Å². The summed E-state index contributed by atoms with van der Waals surface area (Å²) in [6.07, 6.45) is 5.65. The van der Waals surface area contributed by atoms with Crippen LogP contribution in [0, 0.1) is 17.6 Å². The van der Waals surface area contributed by atoms with Crippen molar-refractivity contribution >= 4 is 17.7 Å². The molecule has 0 spiro atoms. The molecule has 2 fully saturated rings. The van der Waals surface area contributed by atoms with Gasteiger partial charge < -0.3 is 14.9 Å². The first-order valence-corrected chi connectivity index (χ1v) is 12.3. The molecule has 2 aromatic rings. The van der Waals surface area contributed by atoms with Crippen molar-refractivity contribution in [1.29, 1.82) is 0 Å². The maximum Gasteiger partial charge on any atom is 0.128 e. The SMILES string of the molecule is CN1CCN(CC2CCCC/C(=C/c3ccc(F)cc3)C2(O)Cc2c(F)cccc2Cl)CC1. The molecule has 0 radical (unpaired) electrons. The van der Waals surface area contributed by atoms with Gasteiger partial charge in [-0.3, -0.25) is 0 Å². The Labute approximate surface area is 200 Å². The monoisotopic (exact) mass is 474 g/mol. The van der Waals surface area contributed by atoms with Crippen molar-refractivity contribution in [3.63, 3.8) is 0 Å². The number of hydrogen-bond acceptors (Lipinski definition) is 3. The first kappa shape index (κ1) is 24.3. The van der Waals surface area contributed by atoms with Crippen LogP contribution in [0.2, 0.25) is 5.02 Å². The van der Waals surface area contributed by atoms with E-state index in [9.17, 15) is 13.9 Å². The Morgan fingerprint density at radius 3 is 2.48 bits per heavy atom. The number of rotatable bonds is 5. The zero-order valence-corrected chi connectivity index (χ0v) is 20.0. The number of aliphatic hydroxyl groups is 1. The van der Waals surface area contributed by atoms with Crippen molar-refractivity contribution in [3.8, 4) is 0 Å². The van der Waals surface area contributed by atoms with Crippen molar-refractivity contribution in [2.75, 3.05) is 39.8 Å². The van der Waals surface area contributed by atoms with Gasteiger partial charge in [0.05, 0.1) is 5.60 Å². The fraction of sp³-hybridized carbons (Fsp3) is 0.481. The van der Waals surface area contributed by atoms with Gasteiger partial charge in [0.25, 0.3) is 0 Å². The van der Waals surface area contributed by atoms with E-state index in [1.165, 1.54) is 18.2 Å². The van der Waals surface area contributed by atoms with E-state index in [0.717, 1.165) is 69.5 Å². The molecule has 1 aliphatic heterocycles. The average Bonchev–Trinajstić information content (AvgIpc) is 2.93. The number of piperazine rings is 1. The number of halogens is 3. The van der Waals surface area contributed by atoms with Gasteiger partial charge in [-0.2, -0.15) is 0 Å². The molecule has 1 N–H and O–H groups in total. The number of nitrogens with zero attached hydrogens (tertiary/aromatic N) is 2. The number of hydrogen-bond donors (Lipinski definition) is 1. The Morgan fingerprint density at radius 2 is 1.79 bits per heavy atom. The van der Waals surface area contributed by atoms with Gasteiger partial charge in [0.15, 0.2) is 0 Å². The average molecular weight is 475 g/mol. The molecule has 4 rings (SSSR count). The minimum Gasteiger partial charge on any atom is -0.385 e. The highest BCUT2D eigenvalue weighted by Gasteiger charge is 2.43. The summed E-state index contributed by atoms with van der Waals surface area (Å²) in [6, 6.07) is 11.0. The lowest BCUT2D eigenvalue weighted by Crippen LogP contribution is -2.51. The van der Waals surface area contributed by atoms with Gasteiger partial charge >= 0.3 is 0 Å². The van der Waals surface area contributed by atoms with Crippen LogP contribution >= 0.6 is 11.6 Å². The third-order valence-electron chi connectivity index (χ3n) is 7.27. The van der Waals surface area contributed by atoms with E-state index >= 15 is 0 Å². The zero-order chi connectivity index (χ0) is 23.4. The van der Waals surface area contributed by atoms with Gasteiger partial charge in [-0.15, -0.1) is 0 Å². The molecule has 33 heavy (non-hydrogen) atoms. The Hall–Kier alpha value is -1.79. The lowest BCUT2D eigenvalue weighted by atomic mass is 9.74. The molecule has 3 nitrogen and oxygen atoms in total. The van der Waals surface area contributed by atoms with Gasteiger partial charge in [-0.05, 0) is 61.7 Å². The van der Waals surface area contributed by atoms with Gasteiger partial charge in [-0.25, -0.2) is 8.78 Å². The molecule has 1 heterocycles. The summed E-state index contributed by atoms with van der Waals surface area (Å²) in [5, 5.41) is 12.7. The summed E-state index contributed by atoms with van der Waals surface area (Å²) >= 11 is 6.40. The minimum atomic E-state index is -1.24. The summed E-state index contributed by atoms with van der Waals surface area (Å²) in [6.45, 7) is 4.68. The third-order valence-corrected chi connectivity index (χ3v) is 7.63. The van der Waals surface area contributed by atoms with Crippen LogP contribution in [0.15, 0.2) is 48.0 Å². The van der Waals surface area contributed by atoms with Crippen LogP contribution < -0.4 is 0 Å². The maximum atomic E-state index is 14.8. The summed E-state index contributed by atoms with van der Waals surface area (Å²) in [4.78, 5) is 4.73. The molecule has 0 amide bonds. The summed E-state index contributed by atoms with van der Waals surface area (Å²) < 4.78 is 28.3. The number of benzene rings is 2. The largest absolute Gasteiger partial charge is 0.385 e. The van der Waals surface area contributed by atoms with Crippen LogP contribution in [0.3, 0.4) is 0 Å². The molecule has 0 bridgehead atoms. The quantitative estimate of drug-likeness (QED) is 0.587. The zero-order valence-electron chi connectivity index (χ0n) is 19.2. The van der Waals surface area contributed by atoms with Gasteiger partial charge in [0.1, 0.15) is 11.6 Å². The first-order chi connectivity index (χ1) is 15.8. The predicted octanol–water partition coefficient (Wildman–Crippen LogP) is 5.41. The second-order valence-corrected chi connectivity index (χ2v) is 9.98. The van der Waals surface area contributed by atoms with E-state index in [2.05, 4.69) is 16.8 Å². The normalized spacial score (nSPS) is 26.5. The first-order valence-electron chi connectivity index (χ1n) is 11.9. The molecule has 2 aliphatic rings. The Bertz CT molecular complexity index is 952. The minimum absolute atomic E-state index is 0.0502. The number of likely N-dealkylation sites (N-methyl/N-ethyl adjacent to an activating group) is 1. The second-order valence-electron chi connectivity index (χ2n) is 9.57. The Balaban J connectivity index is 1.72. The fourth-order valence-electron chi connectivity index (χ4n) is 5.19. The molecule has 2 unspecified atom stereocenters. The maximum absolute atomic E-state index is 14.8. The molecule has 178 valence electrons. The van der Waals surface area contributed by atoms with Crippen molar-refractivity contribution in [2.45, 2.75) is 37.7 Å². The highest BCUT2D eigenvalue weighted by Crippen LogP contribution is 2.42. The molecule has 1 aliphatic carbocycles. The summed E-state index contributed by atoms with van der Waals surface area (Å²) in [5.74, 6) is -0.732. The topological polar surface area (TPSA) is 26.7 Å². The van der Waals surface area contributed by atoms with E-state index < -0.39 is 5.60 Å². The summed E-state index contributed by atoms with van der Waals surface area (Å²) in [7, 11) is 2.13. The highest BCUT2D eigenvalue weighted by molar-refractivity contribution is 6.31. The fourth-order valence-corrected chi connectivity index (χ4v) is 5.42. The predicted molar refractivity (Wildman–Crippen MR) is 130 cm³/mol. The van der Waals surface area contributed by atoms with Gasteiger partial charge in [0, 0.05) is 55.6 Å². The highest BCUT2D eigenvalue weighted by atomic mass is 35.5. The molecule has 0 aromatic heterocycles. The molecular formula is C27H33ClF2N2O. The second kappa shape index (κ2) is 10.6. The Morgan fingerprint density at radius 1 is 1.06 bits per heavy atom. The molecule has 1 saturated carbocycles. The third kappa shape index (κ3) is 5.83. The van der Waals surface area contributed by atoms with Crippen LogP contribution in [-0.2, 0) is 6.42 Å². The standard InChI is InChI=1S/C27H33ClF2N2O/c1-31-13-15-32(16-14-31)19-22-6-3-2-5-21(17-20-9-11-23(29)12-10-20)27(22,33)18-24-25(28)7-4-8-26(24)30/h4,7-12,17,22,33H,2-3,5-6,13-16,18-19H2,1H3/b21-17-. The van der Waals surface area contributed by atoms with Crippen LogP contribution in [0.5, 0.6) is 0 Å². The lowest BCUT2D eigenvalue weighted by Gasteiger charge is -2.42. The van der Waals surface area contributed by atoms with E-state index in [-0.39, 0.29) is 24.0 Å².